The Morgan fingerprint density at radius 2 is 2.25 bits per heavy atom. The summed E-state index contributed by atoms with van der Waals surface area (Å²) in [6, 6.07) is 10.4. The molecular formula is C19H21N3OS. The first-order chi connectivity index (χ1) is 11.6. The zero-order chi connectivity index (χ0) is 17.1. The lowest BCUT2D eigenvalue weighted by atomic mass is 10.0. The summed E-state index contributed by atoms with van der Waals surface area (Å²) in [7, 11) is 0. The molecule has 1 atom stereocenters. The van der Waals surface area contributed by atoms with Gasteiger partial charge in [-0.15, -0.1) is 0 Å². The standard InChI is InChI=1S/C19H21N3OS/c1-13-6-7-17-15(9-13)10-16(11-20)19(21-17)24-12-18(23)22-8-4-3-5-14(22)2/h6-7,9-10,14H,3-5,8,12H2,1-2H3/t14-/m0/s1. The molecule has 0 radical (unpaired) electrons. The Labute approximate surface area is 146 Å². The molecule has 0 aliphatic carbocycles. The van der Waals surface area contributed by atoms with E-state index in [4.69, 9.17) is 0 Å². The van der Waals surface area contributed by atoms with Gasteiger partial charge in [-0.3, -0.25) is 4.79 Å². The largest absolute Gasteiger partial charge is 0.339 e. The van der Waals surface area contributed by atoms with Gasteiger partial charge in [0.15, 0.2) is 0 Å². The number of thioether (sulfide) groups is 1. The minimum Gasteiger partial charge on any atom is -0.339 e. The van der Waals surface area contributed by atoms with Crippen molar-refractivity contribution in [2.24, 2.45) is 0 Å². The number of amides is 1. The van der Waals surface area contributed by atoms with Crippen molar-refractivity contribution in [1.29, 1.82) is 5.26 Å². The van der Waals surface area contributed by atoms with Gasteiger partial charge in [0.2, 0.25) is 5.91 Å². The second kappa shape index (κ2) is 7.23. The summed E-state index contributed by atoms with van der Waals surface area (Å²) in [5.41, 5.74) is 2.54. The third kappa shape index (κ3) is 3.54. The van der Waals surface area contributed by atoms with Gasteiger partial charge in [-0.05, 0) is 51.3 Å². The Morgan fingerprint density at radius 3 is 3.00 bits per heavy atom. The lowest BCUT2D eigenvalue weighted by Crippen LogP contribution is -2.42. The molecule has 0 spiro atoms. The van der Waals surface area contributed by atoms with Crippen molar-refractivity contribution >= 4 is 28.6 Å². The van der Waals surface area contributed by atoms with E-state index in [0.717, 1.165) is 35.9 Å². The molecule has 4 nitrogen and oxygen atoms in total. The highest BCUT2D eigenvalue weighted by molar-refractivity contribution is 8.00. The van der Waals surface area contributed by atoms with Gasteiger partial charge >= 0.3 is 0 Å². The van der Waals surface area contributed by atoms with Crippen molar-refractivity contribution in [3.63, 3.8) is 0 Å². The fraction of sp³-hybridized carbons (Fsp3) is 0.421. The van der Waals surface area contributed by atoms with Gasteiger partial charge in [-0.25, -0.2) is 4.98 Å². The van der Waals surface area contributed by atoms with E-state index in [1.54, 1.807) is 0 Å². The number of nitriles is 1. The summed E-state index contributed by atoms with van der Waals surface area (Å²) in [4.78, 5) is 19.0. The van der Waals surface area contributed by atoms with Crippen LogP contribution in [0.3, 0.4) is 0 Å². The van der Waals surface area contributed by atoms with Crippen LogP contribution in [0.25, 0.3) is 10.9 Å². The molecule has 0 unspecified atom stereocenters. The molecule has 3 rings (SSSR count). The molecule has 1 aliphatic rings. The van der Waals surface area contributed by atoms with E-state index < -0.39 is 0 Å². The van der Waals surface area contributed by atoms with Crippen LogP contribution in [0, 0.1) is 18.3 Å². The van der Waals surface area contributed by atoms with Gasteiger partial charge in [0.05, 0.1) is 16.8 Å². The smallest absolute Gasteiger partial charge is 0.233 e. The van der Waals surface area contributed by atoms with Gasteiger partial charge in [0, 0.05) is 18.0 Å². The average Bonchev–Trinajstić information content (AvgIpc) is 2.59. The molecule has 2 heterocycles. The Balaban J connectivity index is 1.78. The summed E-state index contributed by atoms with van der Waals surface area (Å²) in [6.07, 6.45) is 3.35. The van der Waals surface area contributed by atoms with Gasteiger partial charge < -0.3 is 4.90 Å². The second-order valence-electron chi connectivity index (χ2n) is 6.37. The van der Waals surface area contributed by atoms with Crippen LogP contribution in [0.5, 0.6) is 0 Å². The molecule has 2 aromatic rings. The summed E-state index contributed by atoms with van der Waals surface area (Å²) in [6.45, 7) is 4.97. The third-order valence-electron chi connectivity index (χ3n) is 4.51. The number of nitrogens with zero attached hydrogens (tertiary/aromatic N) is 3. The van der Waals surface area contributed by atoms with Gasteiger partial charge in [-0.1, -0.05) is 23.4 Å². The first-order valence-electron chi connectivity index (χ1n) is 8.32. The lowest BCUT2D eigenvalue weighted by Gasteiger charge is -2.33. The number of benzene rings is 1. The number of piperidine rings is 1. The van der Waals surface area contributed by atoms with Crippen molar-refractivity contribution in [2.45, 2.75) is 44.2 Å². The minimum absolute atomic E-state index is 0.141. The first-order valence-corrected chi connectivity index (χ1v) is 9.31. The number of aryl methyl sites for hydroxylation is 1. The summed E-state index contributed by atoms with van der Waals surface area (Å²) >= 11 is 1.37. The van der Waals surface area contributed by atoms with Crippen LogP contribution in [-0.4, -0.2) is 34.1 Å². The molecule has 5 heteroatoms. The summed E-state index contributed by atoms with van der Waals surface area (Å²) < 4.78 is 0. The molecule has 0 bridgehead atoms. The molecule has 1 fully saturated rings. The molecule has 1 aliphatic heterocycles. The number of aromatic nitrogens is 1. The quantitative estimate of drug-likeness (QED) is 0.796. The van der Waals surface area contributed by atoms with Crippen LogP contribution >= 0.6 is 11.8 Å². The Hall–Kier alpha value is -2.06. The molecule has 24 heavy (non-hydrogen) atoms. The Morgan fingerprint density at radius 1 is 1.42 bits per heavy atom. The fourth-order valence-electron chi connectivity index (χ4n) is 3.15. The van der Waals surface area contributed by atoms with Crippen LogP contribution in [0.4, 0.5) is 0 Å². The number of likely N-dealkylation sites (tertiary alicyclic amines) is 1. The molecule has 1 saturated heterocycles. The van der Waals surface area contributed by atoms with E-state index in [2.05, 4.69) is 18.0 Å². The predicted molar refractivity (Wildman–Crippen MR) is 96.9 cm³/mol. The molecule has 124 valence electrons. The maximum absolute atomic E-state index is 12.5. The van der Waals surface area contributed by atoms with Crippen LogP contribution in [0.15, 0.2) is 29.3 Å². The molecular weight excluding hydrogens is 318 g/mol. The van der Waals surface area contributed by atoms with E-state index >= 15 is 0 Å². The number of fused-ring (bicyclic) bond motifs is 1. The number of hydrogen-bond donors (Lipinski definition) is 0. The molecule has 1 amide bonds. The van der Waals surface area contributed by atoms with Crippen LogP contribution < -0.4 is 0 Å². The SMILES string of the molecule is Cc1ccc2nc(SCC(=O)N3CCCC[C@@H]3C)c(C#N)cc2c1. The van der Waals surface area contributed by atoms with E-state index in [1.807, 2.05) is 36.1 Å². The predicted octanol–water partition coefficient (Wildman–Crippen LogP) is 3.91. The summed E-state index contributed by atoms with van der Waals surface area (Å²) in [5.74, 6) is 0.477. The van der Waals surface area contributed by atoms with Crippen molar-refractivity contribution in [3.8, 4) is 6.07 Å². The van der Waals surface area contributed by atoms with E-state index in [0.29, 0.717) is 22.4 Å². The van der Waals surface area contributed by atoms with Crippen LogP contribution in [0.1, 0.15) is 37.3 Å². The van der Waals surface area contributed by atoms with Gasteiger partial charge in [-0.2, -0.15) is 5.26 Å². The highest BCUT2D eigenvalue weighted by Gasteiger charge is 2.23. The highest BCUT2D eigenvalue weighted by Crippen LogP contribution is 2.26. The molecule has 0 saturated carbocycles. The monoisotopic (exact) mass is 339 g/mol. The van der Waals surface area contributed by atoms with Crippen molar-refractivity contribution in [3.05, 3.63) is 35.4 Å². The molecule has 1 aromatic carbocycles. The number of carbonyl (C=O) groups is 1. The van der Waals surface area contributed by atoms with Crippen LogP contribution in [0.2, 0.25) is 0 Å². The third-order valence-corrected chi connectivity index (χ3v) is 5.49. The van der Waals surface area contributed by atoms with Crippen LogP contribution in [-0.2, 0) is 4.79 Å². The normalized spacial score (nSPS) is 17.7. The van der Waals surface area contributed by atoms with Gasteiger partial charge in [0.25, 0.3) is 0 Å². The van der Waals surface area contributed by atoms with Crippen molar-refractivity contribution < 1.29 is 4.79 Å². The average molecular weight is 339 g/mol. The minimum atomic E-state index is 0.141. The first kappa shape index (κ1) is 16.8. The topological polar surface area (TPSA) is 57.0 Å². The van der Waals surface area contributed by atoms with E-state index in [1.165, 1.54) is 18.2 Å². The number of pyridine rings is 1. The number of carbonyl (C=O) groups excluding carboxylic acids is 1. The van der Waals surface area contributed by atoms with E-state index in [-0.39, 0.29) is 5.91 Å². The number of hydrogen-bond acceptors (Lipinski definition) is 4. The number of rotatable bonds is 3. The fourth-order valence-corrected chi connectivity index (χ4v) is 4.00. The molecule has 1 aromatic heterocycles. The lowest BCUT2D eigenvalue weighted by molar-refractivity contribution is -0.131. The second-order valence-corrected chi connectivity index (χ2v) is 7.33. The molecule has 0 N–H and O–H groups in total. The Kier molecular flexibility index (Phi) is 5.06. The maximum Gasteiger partial charge on any atom is 0.233 e. The van der Waals surface area contributed by atoms with Gasteiger partial charge in [0.1, 0.15) is 11.1 Å². The van der Waals surface area contributed by atoms with E-state index in [9.17, 15) is 10.1 Å². The van der Waals surface area contributed by atoms with Crippen molar-refractivity contribution in [1.82, 2.24) is 9.88 Å². The zero-order valence-electron chi connectivity index (χ0n) is 14.1. The maximum atomic E-state index is 12.5. The zero-order valence-corrected chi connectivity index (χ0v) is 14.9. The summed E-state index contributed by atoms with van der Waals surface area (Å²) in [5, 5.41) is 11.0. The highest BCUT2D eigenvalue weighted by atomic mass is 32.2. The Bertz CT molecular complexity index is 812. The van der Waals surface area contributed by atoms with Crippen molar-refractivity contribution in [2.75, 3.05) is 12.3 Å².